The number of hydrogen-bond acceptors (Lipinski definition) is 1. The molecule has 0 aliphatic heterocycles. The van der Waals surface area contributed by atoms with Crippen molar-refractivity contribution in [3.8, 4) is 0 Å². The van der Waals surface area contributed by atoms with Gasteiger partial charge in [0.1, 0.15) is 5.82 Å². The van der Waals surface area contributed by atoms with E-state index in [0.29, 0.717) is 11.0 Å². The van der Waals surface area contributed by atoms with Crippen molar-refractivity contribution in [2.75, 3.05) is 5.32 Å². The summed E-state index contributed by atoms with van der Waals surface area (Å²) in [4.78, 5) is 0. The van der Waals surface area contributed by atoms with Crippen LogP contribution in [0, 0.1) is 5.82 Å². The average Bonchev–Trinajstić information content (AvgIpc) is 2.56. The highest BCUT2D eigenvalue weighted by Gasteiger charge is 2.09. The average molecular weight is 330 g/mol. The standard InChI is InChI=1S/C19H23FN2S/c1-4-13(2)15-5-7-16(8-6-15)14(3)21-19(23)22-18-11-9-17(20)10-12-18/h5-14H,4H2,1-3H3,(H2,21,22,23). The predicted octanol–water partition coefficient (Wildman–Crippen LogP) is 5.39. The van der Waals surface area contributed by atoms with E-state index in [-0.39, 0.29) is 11.9 Å². The first-order chi connectivity index (χ1) is 11.0. The Morgan fingerprint density at radius 2 is 1.57 bits per heavy atom. The van der Waals surface area contributed by atoms with Gasteiger partial charge in [-0.3, -0.25) is 0 Å². The predicted molar refractivity (Wildman–Crippen MR) is 99.3 cm³/mol. The van der Waals surface area contributed by atoms with E-state index in [1.807, 2.05) is 0 Å². The van der Waals surface area contributed by atoms with Gasteiger partial charge in [-0.1, -0.05) is 38.1 Å². The van der Waals surface area contributed by atoms with Crippen LogP contribution in [0.15, 0.2) is 48.5 Å². The number of anilines is 1. The molecule has 0 saturated heterocycles. The van der Waals surface area contributed by atoms with Crippen LogP contribution in [0.1, 0.15) is 50.3 Å². The van der Waals surface area contributed by atoms with Crippen LogP contribution in [0.5, 0.6) is 0 Å². The van der Waals surface area contributed by atoms with E-state index in [4.69, 9.17) is 12.2 Å². The zero-order chi connectivity index (χ0) is 16.8. The maximum atomic E-state index is 12.9. The minimum Gasteiger partial charge on any atom is -0.356 e. The molecule has 23 heavy (non-hydrogen) atoms. The molecule has 0 amide bonds. The lowest BCUT2D eigenvalue weighted by Gasteiger charge is -2.18. The van der Waals surface area contributed by atoms with Gasteiger partial charge < -0.3 is 10.6 Å². The molecule has 2 N–H and O–H groups in total. The molecular weight excluding hydrogens is 307 g/mol. The first-order valence-corrected chi connectivity index (χ1v) is 8.33. The second-order valence-corrected chi connectivity index (χ2v) is 6.21. The van der Waals surface area contributed by atoms with Crippen LogP contribution in [-0.2, 0) is 0 Å². The maximum absolute atomic E-state index is 12.9. The van der Waals surface area contributed by atoms with E-state index in [1.54, 1.807) is 12.1 Å². The molecule has 0 aliphatic carbocycles. The molecular formula is C19H23FN2S. The molecule has 0 radical (unpaired) electrons. The Balaban J connectivity index is 1.94. The number of rotatable bonds is 5. The number of benzene rings is 2. The molecule has 0 aromatic heterocycles. The summed E-state index contributed by atoms with van der Waals surface area (Å²) in [6, 6.07) is 14.9. The van der Waals surface area contributed by atoms with Gasteiger partial charge in [0, 0.05) is 5.69 Å². The van der Waals surface area contributed by atoms with Crippen molar-refractivity contribution in [3.05, 3.63) is 65.5 Å². The van der Waals surface area contributed by atoms with Gasteiger partial charge >= 0.3 is 0 Å². The molecule has 2 rings (SSSR count). The van der Waals surface area contributed by atoms with Gasteiger partial charge in [-0.25, -0.2) is 4.39 Å². The second kappa shape index (κ2) is 8.06. The first kappa shape index (κ1) is 17.4. The van der Waals surface area contributed by atoms with Crippen LogP contribution in [-0.4, -0.2) is 5.11 Å². The monoisotopic (exact) mass is 330 g/mol. The van der Waals surface area contributed by atoms with Crippen molar-refractivity contribution in [3.63, 3.8) is 0 Å². The summed E-state index contributed by atoms with van der Waals surface area (Å²) in [6.07, 6.45) is 1.14. The quantitative estimate of drug-likeness (QED) is 0.719. The summed E-state index contributed by atoms with van der Waals surface area (Å²) in [5.41, 5.74) is 3.30. The Labute approximate surface area is 143 Å². The highest BCUT2D eigenvalue weighted by molar-refractivity contribution is 7.80. The fraction of sp³-hybridized carbons (Fsp3) is 0.316. The zero-order valence-electron chi connectivity index (χ0n) is 13.8. The molecule has 2 aromatic rings. The summed E-state index contributed by atoms with van der Waals surface area (Å²) in [7, 11) is 0. The normalized spacial score (nSPS) is 13.2. The molecule has 122 valence electrons. The minimum absolute atomic E-state index is 0.0985. The Hall–Kier alpha value is -1.94. The highest BCUT2D eigenvalue weighted by atomic mass is 32.1. The molecule has 2 unspecified atom stereocenters. The Kier molecular flexibility index (Phi) is 6.11. The molecule has 2 nitrogen and oxygen atoms in total. The van der Waals surface area contributed by atoms with E-state index in [0.717, 1.165) is 12.1 Å². The number of hydrogen-bond donors (Lipinski definition) is 2. The molecule has 0 aliphatic rings. The molecule has 2 atom stereocenters. The Bertz CT molecular complexity index is 637. The molecule has 4 heteroatoms. The molecule has 0 heterocycles. The molecule has 2 aromatic carbocycles. The van der Waals surface area contributed by atoms with E-state index in [1.165, 1.54) is 23.3 Å². The number of nitrogens with one attached hydrogen (secondary N) is 2. The summed E-state index contributed by atoms with van der Waals surface area (Å²) >= 11 is 5.32. The molecule has 0 saturated carbocycles. The summed E-state index contributed by atoms with van der Waals surface area (Å²) in [6.45, 7) is 6.50. The first-order valence-electron chi connectivity index (χ1n) is 7.92. The SMILES string of the molecule is CCC(C)c1ccc(C(C)NC(=S)Nc2ccc(F)cc2)cc1. The van der Waals surface area contributed by atoms with Crippen LogP contribution in [0.2, 0.25) is 0 Å². The van der Waals surface area contributed by atoms with Crippen LogP contribution in [0.3, 0.4) is 0 Å². The van der Waals surface area contributed by atoms with Gasteiger partial charge in [-0.15, -0.1) is 0 Å². The van der Waals surface area contributed by atoms with Crippen LogP contribution in [0.25, 0.3) is 0 Å². The molecule has 0 fully saturated rings. The fourth-order valence-electron chi connectivity index (χ4n) is 2.33. The van der Waals surface area contributed by atoms with Crippen LogP contribution < -0.4 is 10.6 Å². The third-order valence-corrected chi connectivity index (χ3v) is 4.29. The van der Waals surface area contributed by atoms with E-state index < -0.39 is 0 Å². The van der Waals surface area contributed by atoms with Crippen LogP contribution in [0.4, 0.5) is 10.1 Å². The van der Waals surface area contributed by atoms with Gasteiger partial charge in [0.05, 0.1) is 6.04 Å². The lowest BCUT2D eigenvalue weighted by atomic mass is 9.96. The van der Waals surface area contributed by atoms with E-state index >= 15 is 0 Å². The van der Waals surface area contributed by atoms with E-state index in [2.05, 4.69) is 55.7 Å². The minimum atomic E-state index is -0.260. The topological polar surface area (TPSA) is 24.1 Å². The Morgan fingerprint density at radius 1 is 1.00 bits per heavy atom. The fourth-order valence-corrected chi connectivity index (χ4v) is 2.62. The van der Waals surface area contributed by atoms with Crippen molar-refractivity contribution < 1.29 is 4.39 Å². The molecule has 0 spiro atoms. The smallest absolute Gasteiger partial charge is 0.171 e. The van der Waals surface area contributed by atoms with E-state index in [9.17, 15) is 4.39 Å². The van der Waals surface area contributed by atoms with Crippen molar-refractivity contribution >= 4 is 23.0 Å². The summed E-state index contributed by atoms with van der Waals surface area (Å²) < 4.78 is 12.9. The van der Waals surface area contributed by atoms with Crippen molar-refractivity contribution in [1.29, 1.82) is 0 Å². The molecule has 0 bridgehead atoms. The lowest BCUT2D eigenvalue weighted by Crippen LogP contribution is -2.30. The largest absolute Gasteiger partial charge is 0.356 e. The van der Waals surface area contributed by atoms with Gasteiger partial charge in [-0.05, 0) is 66.9 Å². The zero-order valence-corrected chi connectivity index (χ0v) is 14.6. The van der Waals surface area contributed by atoms with Crippen LogP contribution >= 0.6 is 12.2 Å². The summed E-state index contributed by atoms with van der Waals surface area (Å²) in [5, 5.41) is 6.83. The van der Waals surface area contributed by atoms with Crippen molar-refractivity contribution in [2.24, 2.45) is 0 Å². The number of thiocarbonyl (C=S) groups is 1. The second-order valence-electron chi connectivity index (χ2n) is 5.80. The third-order valence-electron chi connectivity index (χ3n) is 4.07. The van der Waals surface area contributed by atoms with Gasteiger partial charge in [0.25, 0.3) is 0 Å². The van der Waals surface area contributed by atoms with Gasteiger partial charge in [0.15, 0.2) is 5.11 Å². The third kappa shape index (κ3) is 5.03. The van der Waals surface area contributed by atoms with Crippen molar-refractivity contribution in [2.45, 2.75) is 39.2 Å². The summed E-state index contributed by atoms with van der Waals surface area (Å²) in [5.74, 6) is 0.317. The van der Waals surface area contributed by atoms with Gasteiger partial charge in [-0.2, -0.15) is 0 Å². The van der Waals surface area contributed by atoms with Gasteiger partial charge in [0.2, 0.25) is 0 Å². The highest BCUT2D eigenvalue weighted by Crippen LogP contribution is 2.21. The van der Waals surface area contributed by atoms with Crippen molar-refractivity contribution in [1.82, 2.24) is 5.32 Å². The lowest BCUT2D eigenvalue weighted by molar-refractivity contribution is 0.628. The maximum Gasteiger partial charge on any atom is 0.171 e. The Morgan fingerprint density at radius 3 is 2.13 bits per heavy atom. The number of halogens is 1.